The molecule has 0 aliphatic carbocycles. The van der Waals surface area contributed by atoms with Crippen molar-refractivity contribution in [2.45, 2.75) is 19.4 Å². The van der Waals surface area contributed by atoms with Gasteiger partial charge in [-0.3, -0.25) is 0 Å². The molecule has 0 atom stereocenters. The van der Waals surface area contributed by atoms with Gasteiger partial charge in [-0.2, -0.15) is 21.0 Å². The van der Waals surface area contributed by atoms with Gasteiger partial charge in [-0.1, -0.05) is 60.7 Å². The topological polar surface area (TPSA) is 117 Å². The zero-order valence-electron chi connectivity index (χ0n) is 27.9. The summed E-state index contributed by atoms with van der Waals surface area (Å²) >= 11 is 0. The van der Waals surface area contributed by atoms with E-state index < -0.39 is 5.60 Å². The molecule has 1 heterocycles. The molecule has 0 saturated heterocycles. The maximum absolute atomic E-state index is 10.1. The molecule has 0 spiro atoms. The van der Waals surface area contributed by atoms with Gasteiger partial charge in [0.1, 0.15) is 35.1 Å². The summed E-state index contributed by atoms with van der Waals surface area (Å²) in [5.41, 5.74) is 7.78. The van der Waals surface area contributed by atoms with Gasteiger partial charge in [0.05, 0.1) is 18.7 Å². The fourth-order valence-electron chi connectivity index (χ4n) is 5.63. The second kappa shape index (κ2) is 14.3. The van der Waals surface area contributed by atoms with E-state index in [1.165, 1.54) is 0 Å². The minimum Gasteiger partial charge on any atom is -0.497 e. The van der Waals surface area contributed by atoms with E-state index in [2.05, 4.69) is 65.6 Å². The lowest BCUT2D eigenvalue weighted by Gasteiger charge is -2.21. The van der Waals surface area contributed by atoms with Gasteiger partial charge >= 0.3 is 0 Å². The largest absolute Gasteiger partial charge is 0.497 e. The lowest BCUT2D eigenvalue weighted by atomic mass is 9.88. The van der Waals surface area contributed by atoms with Crippen LogP contribution in [0.25, 0.3) is 40.5 Å². The Morgan fingerprint density at radius 3 is 1.76 bits per heavy atom. The van der Waals surface area contributed by atoms with Crippen LogP contribution in [-0.2, 0) is 4.74 Å². The number of ether oxygens (including phenoxy) is 2. The molecule has 0 radical (unpaired) electrons. The lowest BCUT2D eigenvalue weighted by Crippen LogP contribution is -2.20. The molecule has 49 heavy (non-hydrogen) atoms. The number of hydrogen-bond acceptors (Lipinski definition) is 7. The summed E-state index contributed by atoms with van der Waals surface area (Å²) < 4.78 is 11.4. The Labute approximate surface area is 287 Å². The first-order chi connectivity index (χ1) is 23.6. The number of anilines is 1. The first-order valence-corrected chi connectivity index (χ1v) is 15.5. The summed E-state index contributed by atoms with van der Waals surface area (Å²) in [4.78, 5) is 2.06. The van der Waals surface area contributed by atoms with Gasteiger partial charge in [0.15, 0.2) is 11.3 Å². The smallest absolute Gasteiger partial charge is 0.172 e. The average molecular weight is 640 g/mol. The van der Waals surface area contributed by atoms with Crippen LogP contribution in [0.1, 0.15) is 36.1 Å². The highest BCUT2D eigenvalue weighted by molar-refractivity contribution is 5.89. The number of allylic oxidation sites excluding steroid dienone is 2. The van der Waals surface area contributed by atoms with Crippen LogP contribution in [0.5, 0.6) is 5.75 Å². The lowest BCUT2D eigenvalue weighted by molar-refractivity contribution is 0.0954. The molecule has 238 valence electrons. The van der Waals surface area contributed by atoms with Crippen LogP contribution in [0.15, 0.2) is 113 Å². The van der Waals surface area contributed by atoms with Crippen LogP contribution in [0.2, 0.25) is 0 Å². The van der Waals surface area contributed by atoms with Gasteiger partial charge in [-0.15, -0.1) is 0 Å². The predicted octanol–water partition coefficient (Wildman–Crippen LogP) is 9.08. The quantitative estimate of drug-likeness (QED) is 0.139. The van der Waals surface area contributed by atoms with Crippen molar-refractivity contribution in [2.75, 3.05) is 26.1 Å². The Morgan fingerprint density at radius 1 is 0.714 bits per heavy atom. The Hall–Kier alpha value is -6.80. The molecule has 1 aliphatic heterocycles. The molecule has 0 amide bonds. The first kappa shape index (κ1) is 33.6. The summed E-state index contributed by atoms with van der Waals surface area (Å²) in [6, 6.07) is 35.8. The number of rotatable bonds is 8. The summed E-state index contributed by atoms with van der Waals surface area (Å²) in [5, 5.41) is 38.6. The Bertz CT molecular complexity index is 2170. The average Bonchev–Trinajstić information content (AvgIpc) is 3.39. The first-order valence-electron chi connectivity index (χ1n) is 15.5. The molecular formula is C42H33N5O2. The van der Waals surface area contributed by atoms with E-state index in [1.54, 1.807) is 33.1 Å². The zero-order valence-corrected chi connectivity index (χ0v) is 27.9. The molecule has 0 aromatic heterocycles. The van der Waals surface area contributed by atoms with Gasteiger partial charge in [0.2, 0.25) is 0 Å². The highest BCUT2D eigenvalue weighted by Crippen LogP contribution is 2.41. The van der Waals surface area contributed by atoms with E-state index in [-0.39, 0.29) is 16.9 Å². The van der Waals surface area contributed by atoms with Gasteiger partial charge in [0, 0.05) is 25.4 Å². The molecule has 0 fully saturated rings. The van der Waals surface area contributed by atoms with Crippen LogP contribution in [-0.4, -0.2) is 26.8 Å². The van der Waals surface area contributed by atoms with Crippen molar-refractivity contribution < 1.29 is 9.47 Å². The van der Waals surface area contributed by atoms with Crippen molar-refractivity contribution in [3.8, 4) is 52.3 Å². The zero-order chi connectivity index (χ0) is 35.1. The Balaban J connectivity index is 1.74. The van der Waals surface area contributed by atoms with Gasteiger partial charge in [-0.25, -0.2) is 0 Å². The molecule has 0 unspecified atom stereocenters. The number of nitrogens with zero attached hydrogens (tertiary/aromatic N) is 5. The van der Waals surface area contributed by atoms with Gasteiger partial charge in [0.25, 0.3) is 0 Å². The van der Waals surface area contributed by atoms with Crippen LogP contribution in [0.4, 0.5) is 5.69 Å². The van der Waals surface area contributed by atoms with E-state index in [0.29, 0.717) is 11.1 Å². The van der Waals surface area contributed by atoms with Crippen molar-refractivity contribution in [1.82, 2.24) is 0 Å². The molecule has 4 aromatic rings. The molecule has 0 N–H and O–H groups in total. The van der Waals surface area contributed by atoms with E-state index in [9.17, 15) is 21.0 Å². The second-order valence-corrected chi connectivity index (χ2v) is 12.0. The maximum Gasteiger partial charge on any atom is 0.172 e. The maximum atomic E-state index is 10.1. The molecule has 7 nitrogen and oxygen atoms in total. The highest BCUT2D eigenvalue weighted by atomic mass is 16.5. The van der Waals surface area contributed by atoms with Crippen LogP contribution in [0.3, 0.4) is 0 Å². The molecule has 5 rings (SSSR count). The van der Waals surface area contributed by atoms with Gasteiger partial charge < -0.3 is 14.4 Å². The molecule has 1 aliphatic rings. The monoisotopic (exact) mass is 639 g/mol. The van der Waals surface area contributed by atoms with Crippen molar-refractivity contribution in [2.24, 2.45) is 0 Å². The number of benzene rings is 4. The molecule has 4 aromatic carbocycles. The summed E-state index contributed by atoms with van der Waals surface area (Å²) in [6.45, 7) is 3.60. The Morgan fingerprint density at radius 2 is 1.27 bits per heavy atom. The van der Waals surface area contributed by atoms with Crippen molar-refractivity contribution in [3.63, 3.8) is 0 Å². The third-order valence-corrected chi connectivity index (χ3v) is 8.31. The second-order valence-electron chi connectivity index (χ2n) is 12.0. The van der Waals surface area contributed by atoms with Crippen LogP contribution < -0.4 is 9.64 Å². The molecule has 0 saturated carbocycles. The molecule has 0 bridgehead atoms. The number of hydrogen-bond donors (Lipinski definition) is 0. The SMILES string of the molecule is COc1ccc(-c2cc(/C=C/c3ccc(N(C)C)cc3)c(-c3ccc(C#N)cc3)cc2/C=C/C2=C(C#N)C(=C(C#N)C#N)OC2(C)C)cc1. The van der Waals surface area contributed by atoms with E-state index in [1.807, 2.05) is 74.8 Å². The van der Waals surface area contributed by atoms with E-state index in [4.69, 9.17) is 9.47 Å². The number of methoxy groups -OCH3 is 1. The fraction of sp³-hybridized carbons (Fsp3) is 0.143. The predicted molar refractivity (Wildman–Crippen MR) is 193 cm³/mol. The van der Waals surface area contributed by atoms with Crippen molar-refractivity contribution in [1.29, 1.82) is 21.0 Å². The minimum atomic E-state index is -0.961. The van der Waals surface area contributed by atoms with Crippen molar-refractivity contribution >= 4 is 23.9 Å². The Kier molecular flexibility index (Phi) is 9.80. The normalized spacial score (nSPS) is 13.4. The number of nitriles is 4. The minimum absolute atomic E-state index is 0.00935. The van der Waals surface area contributed by atoms with Gasteiger partial charge in [-0.05, 0) is 101 Å². The van der Waals surface area contributed by atoms with Crippen LogP contribution in [0, 0.1) is 45.3 Å². The third-order valence-electron chi connectivity index (χ3n) is 8.31. The fourth-order valence-corrected chi connectivity index (χ4v) is 5.63. The van der Waals surface area contributed by atoms with Crippen molar-refractivity contribution in [3.05, 3.63) is 136 Å². The highest BCUT2D eigenvalue weighted by Gasteiger charge is 2.38. The van der Waals surface area contributed by atoms with Crippen LogP contribution >= 0.6 is 0 Å². The summed E-state index contributed by atoms with van der Waals surface area (Å²) in [6.07, 6.45) is 7.92. The summed E-state index contributed by atoms with van der Waals surface area (Å²) in [5.74, 6) is 0.722. The molecule has 7 heteroatoms. The van der Waals surface area contributed by atoms with E-state index >= 15 is 0 Å². The summed E-state index contributed by atoms with van der Waals surface area (Å²) in [7, 11) is 5.65. The molecular weight excluding hydrogens is 606 g/mol. The standard InChI is InChI=1S/C42H33N5O2/c1-42(2)40(39(27-46)41(49-42)34(25-44)26-45)21-16-33-23-37(30-11-7-29(24-43)8-12-30)32(13-6-28-9-17-35(18-10-28)47(3)4)22-38(33)31-14-19-36(48-5)20-15-31/h6-23H,1-5H3/b13-6+,21-16+. The van der Waals surface area contributed by atoms with E-state index in [0.717, 1.165) is 50.4 Å². The third kappa shape index (κ3) is 7.13.